The van der Waals surface area contributed by atoms with Gasteiger partial charge in [-0.25, -0.2) is 0 Å². The van der Waals surface area contributed by atoms with Crippen LogP contribution in [0.1, 0.15) is 13.3 Å². The summed E-state index contributed by atoms with van der Waals surface area (Å²) in [5.74, 6) is 0. The first-order valence-corrected chi connectivity index (χ1v) is 6.29. The number of nitrogens with zero attached hydrogens (tertiary/aromatic N) is 1. The predicted octanol–water partition coefficient (Wildman–Crippen LogP) is 2.64. The Morgan fingerprint density at radius 3 is 3.13 bits per heavy atom. The zero-order valence-corrected chi connectivity index (χ0v) is 10.6. The van der Waals surface area contributed by atoms with Gasteiger partial charge in [-0.15, -0.1) is 0 Å². The van der Waals surface area contributed by atoms with E-state index < -0.39 is 0 Å². The van der Waals surface area contributed by atoms with Gasteiger partial charge >= 0.3 is 0 Å². The Kier molecular flexibility index (Phi) is 3.65. The molecule has 0 aliphatic carbocycles. The molecule has 1 aromatic carbocycles. The van der Waals surface area contributed by atoms with Crippen molar-refractivity contribution in [1.29, 1.82) is 0 Å². The van der Waals surface area contributed by atoms with Crippen molar-refractivity contribution < 1.29 is 0 Å². The predicted molar refractivity (Wildman–Crippen MR) is 68.4 cm³/mol. The van der Waals surface area contributed by atoms with E-state index in [0.717, 1.165) is 24.1 Å². The van der Waals surface area contributed by atoms with Gasteiger partial charge < -0.3 is 10.2 Å². The number of rotatable bonds is 1. The van der Waals surface area contributed by atoms with Crippen LogP contribution in [0, 0.1) is 0 Å². The molecular weight excluding hydrogens is 252 g/mol. The number of anilines is 1. The quantitative estimate of drug-likeness (QED) is 0.843. The molecule has 1 fully saturated rings. The standard InChI is InChI=1S/C12H17BrN2/c1-10-9-15(7-3-6-14-10)12-5-2-4-11(13)8-12/h2,4-5,8,10,14H,3,6-7,9H2,1H3. The molecule has 1 heterocycles. The molecule has 1 atom stereocenters. The van der Waals surface area contributed by atoms with E-state index in [2.05, 4.69) is 57.3 Å². The van der Waals surface area contributed by atoms with E-state index in [1.165, 1.54) is 12.1 Å². The molecule has 1 saturated heterocycles. The van der Waals surface area contributed by atoms with Crippen LogP contribution in [0.2, 0.25) is 0 Å². The fourth-order valence-corrected chi connectivity index (χ4v) is 2.40. The Labute approximate surface area is 99.8 Å². The lowest BCUT2D eigenvalue weighted by molar-refractivity contribution is 0.585. The van der Waals surface area contributed by atoms with Crippen molar-refractivity contribution in [2.75, 3.05) is 24.5 Å². The molecule has 2 nitrogen and oxygen atoms in total. The second-order valence-corrected chi connectivity index (χ2v) is 5.05. The van der Waals surface area contributed by atoms with Gasteiger partial charge in [-0.2, -0.15) is 0 Å². The highest BCUT2D eigenvalue weighted by molar-refractivity contribution is 9.10. The largest absolute Gasteiger partial charge is 0.370 e. The van der Waals surface area contributed by atoms with E-state index in [0.29, 0.717) is 6.04 Å². The van der Waals surface area contributed by atoms with Crippen LogP contribution in [0.4, 0.5) is 5.69 Å². The van der Waals surface area contributed by atoms with Crippen molar-refractivity contribution in [3.05, 3.63) is 28.7 Å². The monoisotopic (exact) mass is 268 g/mol. The molecule has 82 valence electrons. The number of nitrogens with one attached hydrogen (secondary N) is 1. The van der Waals surface area contributed by atoms with Crippen molar-refractivity contribution in [3.63, 3.8) is 0 Å². The lowest BCUT2D eigenvalue weighted by Gasteiger charge is -2.24. The maximum absolute atomic E-state index is 3.52. The average Bonchev–Trinajstić information content (AvgIpc) is 2.43. The van der Waals surface area contributed by atoms with Crippen LogP contribution >= 0.6 is 15.9 Å². The summed E-state index contributed by atoms with van der Waals surface area (Å²) in [6, 6.07) is 9.12. The normalized spacial score (nSPS) is 22.5. The van der Waals surface area contributed by atoms with Gasteiger partial charge in [0.05, 0.1) is 0 Å². The van der Waals surface area contributed by atoms with Crippen molar-refractivity contribution >= 4 is 21.6 Å². The molecule has 1 aromatic rings. The average molecular weight is 269 g/mol. The molecule has 3 heteroatoms. The van der Waals surface area contributed by atoms with Gasteiger partial charge in [0, 0.05) is 29.3 Å². The Bertz CT molecular complexity index is 327. The summed E-state index contributed by atoms with van der Waals surface area (Å²) < 4.78 is 1.16. The van der Waals surface area contributed by atoms with Gasteiger partial charge in [0.15, 0.2) is 0 Å². The molecule has 0 bridgehead atoms. The summed E-state index contributed by atoms with van der Waals surface area (Å²) in [7, 11) is 0. The first-order chi connectivity index (χ1) is 7.25. The van der Waals surface area contributed by atoms with Crippen LogP contribution in [-0.2, 0) is 0 Å². The minimum atomic E-state index is 0.575. The minimum Gasteiger partial charge on any atom is -0.370 e. The minimum absolute atomic E-state index is 0.575. The molecule has 1 N–H and O–H groups in total. The molecule has 0 saturated carbocycles. The number of hydrogen-bond acceptors (Lipinski definition) is 2. The molecule has 2 rings (SSSR count). The van der Waals surface area contributed by atoms with Crippen LogP contribution in [0.3, 0.4) is 0 Å². The molecule has 15 heavy (non-hydrogen) atoms. The van der Waals surface area contributed by atoms with Gasteiger partial charge in [0.2, 0.25) is 0 Å². The summed E-state index contributed by atoms with van der Waals surface area (Å²) in [4.78, 5) is 2.45. The molecule has 1 aliphatic heterocycles. The molecule has 0 amide bonds. The van der Waals surface area contributed by atoms with Crippen LogP contribution in [0.5, 0.6) is 0 Å². The van der Waals surface area contributed by atoms with Crippen molar-refractivity contribution in [1.82, 2.24) is 5.32 Å². The Morgan fingerprint density at radius 2 is 2.33 bits per heavy atom. The zero-order valence-electron chi connectivity index (χ0n) is 9.04. The lowest BCUT2D eigenvalue weighted by Crippen LogP contribution is -2.35. The van der Waals surface area contributed by atoms with Crippen molar-refractivity contribution in [3.8, 4) is 0 Å². The molecule has 1 aliphatic rings. The van der Waals surface area contributed by atoms with Crippen molar-refractivity contribution in [2.24, 2.45) is 0 Å². The number of halogens is 1. The Hall–Kier alpha value is -0.540. The third-order valence-corrected chi connectivity index (χ3v) is 3.26. The smallest absolute Gasteiger partial charge is 0.0378 e. The summed E-state index contributed by atoms with van der Waals surface area (Å²) >= 11 is 3.52. The van der Waals surface area contributed by atoms with Crippen molar-refractivity contribution in [2.45, 2.75) is 19.4 Å². The van der Waals surface area contributed by atoms with Crippen LogP contribution < -0.4 is 10.2 Å². The highest BCUT2D eigenvalue weighted by Crippen LogP contribution is 2.21. The highest BCUT2D eigenvalue weighted by atomic mass is 79.9. The summed E-state index contributed by atoms with van der Waals surface area (Å²) in [6.45, 7) is 5.62. The van der Waals surface area contributed by atoms with Gasteiger partial charge in [-0.3, -0.25) is 0 Å². The maximum Gasteiger partial charge on any atom is 0.0378 e. The van der Waals surface area contributed by atoms with E-state index in [9.17, 15) is 0 Å². The number of hydrogen-bond donors (Lipinski definition) is 1. The summed E-state index contributed by atoms with van der Waals surface area (Å²) in [5, 5.41) is 3.51. The Balaban J connectivity index is 2.14. The second kappa shape index (κ2) is 4.99. The van der Waals surface area contributed by atoms with E-state index >= 15 is 0 Å². The Morgan fingerprint density at radius 1 is 1.47 bits per heavy atom. The molecule has 0 aromatic heterocycles. The van der Waals surface area contributed by atoms with E-state index in [-0.39, 0.29) is 0 Å². The first kappa shape index (κ1) is 11.0. The zero-order chi connectivity index (χ0) is 10.7. The highest BCUT2D eigenvalue weighted by Gasteiger charge is 2.14. The molecular formula is C12H17BrN2. The second-order valence-electron chi connectivity index (χ2n) is 4.13. The SMILES string of the molecule is CC1CN(c2cccc(Br)c2)CCCN1. The van der Waals surface area contributed by atoms with E-state index in [4.69, 9.17) is 0 Å². The first-order valence-electron chi connectivity index (χ1n) is 5.49. The van der Waals surface area contributed by atoms with Crippen LogP contribution in [0.25, 0.3) is 0 Å². The topological polar surface area (TPSA) is 15.3 Å². The summed E-state index contributed by atoms with van der Waals surface area (Å²) in [5.41, 5.74) is 1.32. The summed E-state index contributed by atoms with van der Waals surface area (Å²) in [6.07, 6.45) is 1.22. The van der Waals surface area contributed by atoms with Crippen LogP contribution in [-0.4, -0.2) is 25.7 Å². The van der Waals surface area contributed by atoms with E-state index in [1.54, 1.807) is 0 Å². The van der Waals surface area contributed by atoms with Crippen LogP contribution in [0.15, 0.2) is 28.7 Å². The third kappa shape index (κ3) is 2.95. The molecule has 0 radical (unpaired) electrons. The van der Waals surface area contributed by atoms with Gasteiger partial charge in [0.1, 0.15) is 0 Å². The fraction of sp³-hybridized carbons (Fsp3) is 0.500. The third-order valence-electron chi connectivity index (χ3n) is 2.77. The molecule has 1 unspecified atom stereocenters. The van der Waals surface area contributed by atoms with E-state index in [1.807, 2.05) is 0 Å². The van der Waals surface area contributed by atoms with Gasteiger partial charge in [0.25, 0.3) is 0 Å². The number of benzene rings is 1. The lowest BCUT2D eigenvalue weighted by atomic mass is 10.2. The fourth-order valence-electron chi connectivity index (χ4n) is 2.01. The van der Waals surface area contributed by atoms with Gasteiger partial charge in [-0.1, -0.05) is 22.0 Å². The molecule has 0 spiro atoms. The van der Waals surface area contributed by atoms with Gasteiger partial charge in [-0.05, 0) is 38.1 Å². The maximum atomic E-state index is 3.52.